The number of carbonyl (C=O) groups is 2. The second-order valence-electron chi connectivity index (χ2n) is 4.92. The number of hydrogen-bond donors (Lipinski definition) is 1. The van der Waals surface area contributed by atoms with Gasteiger partial charge in [0.15, 0.2) is 0 Å². The van der Waals surface area contributed by atoms with E-state index in [4.69, 9.17) is 4.74 Å². The van der Waals surface area contributed by atoms with E-state index in [2.05, 4.69) is 12.2 Å². The minimum atomic E-state index is -0.338. The zero-order valence-corrected chi connectivity index (χ0v) is 13.0. The standard InChI is InChI=1S/C16H24N2O3/c1-4-6-11-18(3)16(20)17-14-9-7-13(8-10-14)15(19)21-12-5-2/h7-10H,4-6,11-12H2,1-3H3,(H,17,20). The predicted molar refractivity (Wildman–Crippen MR) is 83.6 cm³/mol. The fraction of sp³-hybridized carbons (Fsp3) is 0.500. The molecule has 1 N–H and O–H groups in total. The Morgan fingerprint density at radius 3 is 2.38 bits per heavy atom. The molecule has 0 aromatic heterocycles. The van der Waals surface area contributed by atoms with Gasteiger partial charge in [-0.1, -0.05) is 20.3 Å². The average Bonchev–Trinajstić information content (AvgIpc) is 2.50. The lowest BCUT2D eigenvalue weighted by atomic mass is 10.2. The summed E-state index contributed by atoms with van der Waals surface area (Å²) in [6, 6.07) is 6.56. The molecule has 5 nitrogen and oxygen atoms in total. The highest BCUT2D eigenvalue weighted by atomic mass is 16.5. The fourth-order valence-electron chi connectivity index (χ4n) is 1.68. The summed E-state index contributed by atoms with van der Waals surface area (Å²) in [5.41, 5.74) is 1.15. The summed E-state index contributed by atoms with van der Waals surface area (Å²) in [6.45, 7) is 5.17. The van der Waals surface area contributed by atoms with E-state index < -0.39 is 0 Å². The first kappa shape index (κ1) is 17.0. The van der Waals surface area contributed by atoms with Crippen LogP contribution in [0.1, 0.15) is 43.5 Å². The zero-order chi connectivity index (χ0) is 15.7. The highest BCUT2D eigenvalue weighted by Crippen LogP contribution is 2.11. The van der Waals surface area contributed by atoms with E-state index in [1.807, 2.05) is 6.92 Å². The van der Waals surface area contributed by atoms with Gasteiger partial charge in [-0.25, -0.2) is 9.59 Å². The van der Waals surface area contributed by atoms with E-state index in [1.165, 1.54) is 0 Å². The quantitative estimate of drug-likeness (QED) is 0.782. The lowest BCUT2D eigenvalue weighted by Gasteiger charge is -2.17. The van der Waals surface area contributed by atoms with Gasteiger partial charge in [0, 0.05) is 19.3 Å². The normalized spacial score (nSPS) is 10.0. The van der Waals surface area contributed by atoms with Crippen molar-refractivity contribution >= 4 is 17.7 Å². The van der Waals surface area contributed by atoms with E-state index in [-0.39, 0.29) is 12.0 Å². The molecule has 0 heterocycles. The molecule has 0 aliphatic heterocycles. The van der Waals surface area contributed by atoms with Gasteiger partial charge in [-0.3, -0.25) is 0 Å². The molecule has 0 saturated carbocycles. The molecule has 0 spiro atoms. The fourth-order valence-corrected chi connectivity index (χ4v) is 1.68. The van der Waals surface area contributed by atoms with Crippen LogP contribution < -0.4 is 5.32 Å². The Kier molecular flexibility index (Phi) is 7.29. The molecule has 21 heavy (non-hydrogen) atoms. The van der Waals surface area contributed by atoms with Crippen molar-refractivity contribution in [2.75, 3.05) is 25.5 Å². The summed E-state index contributed by atoms with van der Waals surface area (Å²) >= 11 is 0. The van der Waals surface area contributed by atoms with Crippen LogP contribution in [0.2, 0.25) is 0 Å². The first-order chi connectivity index (χ1) is 10.1. The molecular formula is C16H24N2O3. The third kappa shape index (κ3) is 5.85. The molecule has 0 fully saturated rings. The van der Waals surface area contributed by atoms with Gasteiger partial charge in [-0.2, -0.15) is 0 Å². The average molecular weight is 292 g/mol. The number of nitrogens with zero attached hydrogens (tertiary/aromatic N) is 1. The molecule has 2 amide bonds. The molecule has 0 radical (unpaired) electrons. The highest BCUT2D eigenvalue weighted by molar-refractivity contribution is 5.92. The molecule has 0 aliphatic carbocycles. The van der Waals surface area contributed by atoms with Crippen LogP contribution in [-0.4, -0.2) is 37.1 Å². The first-order valence-corrected chi connectivity index (χ1v) is 7.37. The van der Waals surface area contributed by atoms with Crippen LogP contribution in [0.15, 0.2) is 24.3 Å². The maximum atomic E-state index is 11.9. The Bertz CT molecular complexity index is 457. The number of benzene rings is 1. The van der Waals surface area contributed by atoms with Gasteiger partial charge in [0.25, 0.3) is 0 Å². The highest BCUT2D eigenvalue weighted by Gasteiger charge is 2.09. The molecule has 0 aliphatic rings. The molecule has 1 rings (SSSR count). The summed E-state index contributed by atoms with van der Waals surface area (Å²) in [7, 11) is 1.77. The summed E-state index contributed by atoms with van der Waals surface area (Å²) in [5, 5.41) is 2.79. The third-order valence-electron chi connectivity index (χ3n) is 3.00. The van der Waals surface area contributed by atoms with Gasteiger partial charge in [0.1, 0.15) is 0 Å². The van der Waals surface area contributed by atoms with Gasteiger partial charge in [0.05, 0.1) is 12.2 Å². The van der Waals surface area contributed by atoms with Gasteiger partial charge >= 0.3 is 12.0 Å². The van der Waals surface area contributed by atoms with Crippen LogP contribution in [0, 0.1) is 0 Å². The Morgan fingerprint density at radius 2 is 1.81 bits per heavy atom. The molecule has 1 aromatic carbocycles. The van der Waals surface area contributed by atoms with E-state index >= 15 is 0 Å². The minimum absolute atomic E-state index is 0.148. The summed E-state index contributed by atoms with van der Waals surface area (Å²) in [4.78, 5) is 25.2. The number of ether oxygens (including phenoxy) is 1. The van der Waals surface area contributed by atoms with Crippen LogP contribution in [0.4, 0.5) is 10.5 Å². The van der Waals surface area contributed by atoms with Crippen molar-refractivity contribution in [1.29, 1.82) is 0 Å². The van der Waals surface area contributed by atoms with Crippen molar-refractivity contribution in [3.63, 3.8) is 0 Å². The van der Waals surface area contributed by atoms with Crippen LogP contribution in [0.3, 0.4) is 0 Å². The topological polar surface area (TPSA) is 58.6 Å². The van der Waals surface area contributed by atoms with Crippen molar-refractivity contribution in [3.8, 4) is 0 Å². The zero-order valence-electron chi connectivity index (χ0n) is 13.0. The van der Waals surface area contributed by atoms with E-state index in [0.29, 0.717) is 17.9 Å². The number of anilines is 1. The molecule has 0 atom stereocenters. The SMILES string of the molecule is CCCCN(C)C(=O)Nc1ccc(C(=O)OCCC)cc1. The van der Waals surface area contributed by atoms with Crippen LogP contribution in [-0.2, 0) is 4.74 Å². The maximum Gasteiger partial charge on any atom is 0.338 e. The smallest absolute Gasteiger partial charge is 0.338 e. The van der Waals surface area contributed by atoms with Crippen molar-refractivity contribution in [1.82, 2.24) is 4.90 Å². The van der Waals surface area contributed by atoms with Gasteiger partial charge in [0.2, 0.25) is 0 Å². The van der Waals surface area contributed by atoms with E-state index in [0.717, 1.165) is 25.8 Å². The Morgan fingerprint density at radius 1 is 1.14 bits per heavy atom. The Balaban J connectivity index is 2.54. The second-order valence-corrected chi connectivity index (χ2v) is 4.92. The number of carbonyl (C=O) groups excluding carboxylic acids is 2. The molecule has 1 aromatic rings. The van der Waals surface area contributed by atoms with Gasteiger partial charge in [-0.15, -0.1) is 0 Å². The lowest BCUT2D eigenvalue weighted by Crippen LogP contribution is -2.32. The third-order valence-corrected chi connectivity index (χ3v) is 3.00. The van der Waals surface area contributed by atoms with Crippen molar-refractivity contribution in [2.45, 2.75) is 33.1 Å². The van der Waals surface area contributed by atoms with Gasteiger partial charge < -0.3 is 15.0 Å². The van der Waals surface area contributed by atoms with Crippen molar-refractivity contribution < 1.29 is 14.3 Å². The number of esters is 1. The Hall–Kier alpha value is -2.04. The van der Waals surface area contributed by atoms with Crippen LogP contribution in [0.5, 0.6) is 0 Å². The predicted octanol–water partition coefficient (Wildman–Crippen LogP) is 3.52. The summed E-state index contributed by atoms with van der Waals surface area (Å²) in [5.74, 6) is -0.338. The number of urea groups is 1. The molecular weight excluding hydrogens is 268 g/mol. The maximum absolute atomic E-state index is 11.9. The lowest BCUT2D eigenvalue weighted by molar-refractivity contribution is 0.0505. The summed E-state index contributed by atoms with van der Waals surface area (Å²) < 4.78 is 5.05. The van der Waals surface area contributed by atoms with Crippen LogP contribution in [0.25, 0.3) is 0 Å². The van der Waals surface area contributed by atoms with Crippen molar-refractivity contribution in [2.24, 2.45) is 0 Å². The molecule has 116 valence electrons. The molecule has 0 saturated heterocycles. The minimum Gasteiger partial charge on any atom is -0.462 e. The van der Waals surface area contributed by atoms with Crippen LogP contribution >= 0.6 is 0 Å². The van der Waals surface area contributed by atoms with Gasteiger partial charge in [-0.05, 0) is 37.1 Å². The molecule has 0 bridgehead atoms. The van der Waals surface area contributed by atoms with E-state index in [9.17, 15) is 9.59 Å². The van der Waals surface area contributed by atoms with E-state index in [1.54, 1.807) is 36.2 Å². The summed E-state index contributed by atoms with van der Waals surface area (Å²) in [6.07, 6.45) is 2.82. The second kappa shape index (κ2) is 9.00. The number of unbranched alkanes of at least 4 members (excludes halogenated alkanes) is 1. The molecule has 0 unspecified atom stereocenters. The largest absolute Gasteiger partial charge is 0.462 e. The Labute approximate surface area is 126 Å². The number of amides is 2. The molecule has 5 heteroatoms. The number of rotatable bonds is 7. The number of nitrogens with one attached hydrogen (secondary N) is 1. The first-order valence-electron chi connectivity index (χ1n) is 7.37. The monoisotopic (exact) mass is 292 g/mol. The van der Waals surface area contributed by atoms with Crippen molar-refractivity contribution in [3.05, 3.63) is 29.8 Å². The number of hydrogen-bond acceptors (Lipinski definition) is 3.